The predicted octanol–water partition coefficient (Wildman–Crippen LogP) is 5.39. The molecule has 4 fully saturated rings. The lowest BCUT2D eigenvalue weighted by Gasteiger charge is -2.62. The number of rotatable bonds is 10. The second-order valence-corrected chi connectivity index (χ2v) is 18.6. The van der Waals surface area contributed by atoms with Gasteiger partial charge < -0.3 is 44.3 Å². The SMILES string of the molecule is CC(=O)O[C@@]12O[C@@H]3C[C@H](O)[C@@](C)(C1=O)[C@H]([C@H](OC(=O)c1ccccc1)[C@]1(O)C[C@H](OC(=O)[C@H](O)[C@@H](NC(=O)c4ccccc4)c4ccc(Cl)c(Cl)c4)C(C)=C2C1(C)C)[C@@]3(C)OC(C)=O. The van der Waals surface area contributed by atoms with Gasteiger partial charge in [0.25, 0.3) is 11.7 Å². The second-order valence-electron chi connectivity index (χ2n) is 17.8. The molecule has 2 aliphatic heterocycles. The standard InChI is InChI=1S/C47H49Cl2NO14/c1-23-31(60-41(57)35(54)34(28-18-19-29(48)30(49)20-28)50-39(55)26-14-10-8-11-15-26)22-46(59)38(61-40(56)27-16-12-9-13-17-27)37-44(6)32(53)21-33(45(37,7)62-24(2)51)64-47(42(44)58,63-25(3)52)36(23)43(46,4)5/h8-20,31-35,37-38,53-54,59H,21-22H2,1-7H3,(H,50,55)/t31-,32-,33+,34-,35+,37-,38-,44+,45-,46+,47-/m0/s1. The third-order valence-corrected chi connectivity index (χ3v) is 14.4. The lowest BCUT2D eigenvalue weighted by Crippen LogP contribution is -2.76. The highest BCUT2D eigenvalue weighted by atomic mass is 35.5. The lowest BCUT2D eigenvalue weighted by molar-refractivity contribution is -0.266. The molecule has 4 N–H and O–H groups in total. The maximum atomic E-state index is 15.7. The molecule has 2 saturated heterocycles. The van der Waals surface area contributed by atoms with Crippen LogP contribution in [0.3, 0.4) is 0 Å². The van der Waals surface area contributed by atoms with E-state index in [1.165, 1.54) is 77.1 Å². The van der Waals surface area contributed by atoms with Gasteiger partial charge in [-0.2, -0.15) is 0 Å². The van der Waals surface area contributed by atoms with Crippen molar-refractivity contribution in [3.63, 3.8) is 0 Å². The van der Waals surface area contributed by atoms with E-state index < -0.39 is 112 Å². The number of hydrogen-bond acceptors (Lipinski definition) is 14. The molecule has 3 aromatic carbocycles. The molecule has 2 saturated carbocycles. The van der Waals surface area contributed by atoms with E-state index in [9.17, 15) is 39.3 Å². The largest absolute Gasteiger partial charge is 0.456 e. The fraction of sp³-hybridized carbons (Fsp3) is 0.447. The summed E-state index contributed by atoms with van der Waals surface area (Å²) in [5, 5.41) is 40.5. The lowest BCUT2D eigenvalue weighted by atomic mass is 9.46. The third-order valence-electron chi connectivity index (χ3n) is 13.6. The van der Waals surface area contributed by atoms with Crippen LogP contribution in [0.1, 0.15) is 93.6 Å². The molecule has 3 aromatic rings. The molecule has 1 amide bonds. The number of benzene rings is 3. The van der Waals surface area contributed by atoms with Gasteiger partial charge in [-0.05, 0) is 68.3 Å². The van der Waals surface area contributed by atoms with Crippen molar-refractivity contribution in [2.75, 3.05) is 0 Å². The first-order valence-electron chi connectivity index (χ1n) is 20.6. The minimum Gasteiger partial charge on any atom is -0.456 e. The molecular formula is C47H49Cl2NO14. The molecule has 6 bridgehead atoms. The minimum absolute atomic E-state index is 0.0319. The van der Waals surface area contributed by atoms with Crippen LogP contribution in [0.4, 0.5) is 0 Å². The summed E-state index contributed by atoms with van der Waals surface area (Å²) < 4.78 is 31.3. The van der Waals surface area contributed by atoms with Gasteiger partial charge in [-0.25, -0.2) is 9.59 Å². The molecule has 0 radical (unpaired) electrons. The summed E-state index contributed by atoms with van der Waals surface area (Å²) in [6.07, 6.45) is -9.66. The molecule has 340 valence electrons. The first kappa shape index (κ1) is 46.8. The number of Topliss-reactive ketones (excluding diaryl/α,β-unsaturated/α-hetero) is 1. The van der Waals surface area contributed by atoms with Crippen LogP contribution in [0.2, 0.25) is 10.0 Å². The van der Waals surface area contributed by atoms with Crippen LogP contribution >= 0.6 is 23.2 Å². The summed E-state index contributed by atoms with van der Waals surface area (Å²) in [6, 6.07) is 18.5. The van der Waals surface area contributed by atoms with Crippen LogP contribution in [0, 0.1) is 16.7 Å². The van der Waals surface area contributed by atoms with Gasteiger partial charge >= 0.3 is 23.9 Å². The van der Waals surface area contributed by atoms with Crippen LogP contribution < -0.4 is 5.32 Å². The quantitative estimate of drug-likeness (QED) is 0.114. The Labute approximate surface area is 378 Å². The Bertz CT molecular complexity index is 2440. The first-order chi connectivity index (χ1) is 29.9. The Balaban J connectivity index is 1.43. The molecule has 0 spiro atoms. The van der Waals surface area contributed by atoms with Crippen molar-refractivity contribution in [3.8, 4) is 0 Å². The monoisotopic (exact) mass is 921 g/mol. The summed E-state index contributed by atoms with van der Waals surface area (Å²) in [5.41, 5.74) is -8.19. The molecule has 0 aromatic heterocycles. The molecule has 15 nitrogen and oxygen atoms in total. The molecule has 0 unspecified atom stereocenters. The highest BCUT2D eigenvalue weighted by molar-refractivity contribution is 6.42. The number of aliphatic hydroxyl groups is 3. The van der Waals surface area contributed by atoms with Crippen molar-refractivity contribution in [3.05, 3.63) is 117 Å². The molecule has 8 rings (SSSR count). The molecule has 64 heavy (non-hydrogen) atoms. The predicted molar refractivity (Wildman–Crippen MR) is 227 cm³/mol. The van der Waals surface area contributed by atoms with E-state index in [1.54, 1.807) is 36.4 Å². The number of halogens is 2. The summed E-state index contributed by atoms with van der Waals surface area (Å²) >= 11 is 12.5. The van der Waals surface area contributed by atoms with Crippen molar-refractivity contribution in [2.24, 2.45) is 16.7 Å². The Kier molecular flexibility index (Phi) is 12.2. The van der Waals surface area contributed by atoms with Gasteiger partial charge in [0.05, 0.1) is 39.1 Å². The number of carbonyl (C=O) groups excluding carboxylic acids is 6. The molecule has 17 heteroatoms. The van der Waals surface area contributed by atoms with Gasteiger partial charge in [0, 0.05) is 43.2 Å². The Morgan fingerprint density at radius 2 is 1.44 bits per heavy atom. The molecule has 2 heterocycles. The first-order valence-corrected chi connectivity index (χ1v) is 21.4. The van der Waals surface area contributed by atoms with E-state index in [0.29, 0.717) is 0 Å². The maximum absolute atomic E-state index is 15.7. The van der Waals surface area contributed by atoms with Crippen molar-refractivity contribution < 1.29 is 67.8 Å². The van der Waals surface area contributed by atoms with Crippen LogP contribution in [-0.4, -0.2) is 98.4 Å². The normalized spacial score (nSPS) is 32.2. The van der Waals surface area contributed by atoms with Crippen molar-refractivity contribution >= 4 is 58.8 Å². The molecule has 3 aliphatic carbocycles. The smallest absolute Gasteiger partial charge is 0.338 e. The van der Waals surface area contributed by atoms with E-state index in [-0.39, 0.29) is 44.3 Å². The number of carbonyl (C=O) groups is 6. The maximum Gasteiger partial charge on any atom is 0.338 e. The Morgan fingerprint density at radius 3 is 2.02 bits per heavy atom. The van der Waals surface area contributed by atoms with Gasteiger partial charge in [-0.3, -0.25) is 19.2 Å². The van der Waals surface area contributed by atoms with E-state index in [0.717, 1.165) is 13.8 Å². The number of nitrogens with one attached hydrogen (secondary N) is 1. The zero-order valence-corrected chi connectivity index (χ0v) is 37.6. The number of fused-ring (bicyclic) bond motifs is 3. The molecular weight excluding hydrogens is 873 g/mol. The summed E-state index contributed by atoms with van der Waals surface area (Å²) in [5.74, 6) is -10.2. The molecule has 11 atom stereocenters. The van der Waals surface area contributed by atoms with Crippen LogP contribution in [0.25, 0.3) is 0 Å². The number of hydrogen-bond donors (Lipinski definition) is 4. The minimum atomic E-state index is -2.77. The van der Waals surface area contributed by atoms with E-state index in [4.69, 9.17) is 46.9 Å². The van der Waals surface area contributed by atoms with E-state index in [2.05, 4.69) is 5.32 Å². The van der Waals surface area contributed by atoms with E-state index in [1.807, 2.05) is 0 Å². The molecule has 5 aliphatic rings. The summed E-state index contributed by atoms with van der Waals surface area (Å²) in [7, 11) is 0. The van der Waals surface area contributed by atoms with Crippen LogP contribution in [0.15, 0.2) is 90.0 Å². The van der Waals surface area contributed by atoms with Gasteiger partial charge in [-0.15, -0.1) is 0 Å². The second kappa shape index (κ2) is 16.7. The zero-order valence-electron chi connectivity index (χ0n) is 36.0. The fourth-order valence-corrected chi connectivity index (χ4v) is 10.9. The summed E-state index contributed by atoms with van der Waals surface area (Å²) in [4.78, 5) is 84.4. The third kappa shape index (κ3) is 7.39. The van der Waals surface area contributed by atoms with Crippen LogP contribution in [0.5, 0.6) is 0 Å². The fourth-order valence-electron chi connectivity index (χ4n) is 10.5. The van der Waals surface area contributed by atoms with Crippen LogP contribution in [-0.2, 0) is 42.9 Å². The van der Waals surface area contributed by atoms with Crippen molar-refractivity contribution in [1.82, 2.24) is 5.32 Å². The average Bonchev–Trinajstić information content (AvgIpc) is 3.34. The highest BCUT2D eigenvalue weighted by Crippen LogP contribution is 2.67. The van der Waals surface area contributed by atoms with Gasteiger partial charge in [0.2, 0.25) is 5.78 Å². The number of aliphatic hydroxyl groups excluding tert-OH is 2. The number of amides is 1. The van der Waals surface area contributed by atoms with Gasteiger partial charge in [0.1, 0.15) is 29.5 Å². The number of esters is 4. The topological polar surface area (TPSA) is 221 Å². The van der Waals surface area contributed by atoms with Gasteiger partial charge in [-0.1, -0.05) is 79.5 Å². The van der Waals surface area contributed by atoms with Gasteiger partial charge in [0.15, 0.2) is 6.10 Å². The average molecular weight is 923 g/mol. The Morgan fingerprint density at radius 1 is 0.844 bits per heavy atom. The summed E-state index contributed by atoms with van der Waals surface area (Å²) in [6.45, 7) is 9.40. The van der Waals surface area contributed by atoms with Crippen molar-refractivity contribution in [2.45, 2.75) is 115 Å². The zero-order chi connectivity index (χ0) is 46.9. The Hall–Kier alpha value is -5.16. The number of ether oxygens (including phenoxy) is 5. The number of ketones is 1. The van der Waals surface area contributed by atoms with E-state index >= 15 is 4.79 Å². The van der Waals surface area contributed by atoms with Crippen molar-refractivity contribution in [1.29, 1.82) is 0 Å². The highest BCUT2D eigenvalue weighted by Gasteiger charge is 2.82.